The predicted molar refractivity (Wildman–Crippen MR) is 156 cm³/mol. The Morgan fingerprint density at radius 2 is 1.62 bits per heavy atom. The second kappa shape index (κ2) is 9.90. The van der Waals surface area contributed by atoms with Gasteiger partial charge in [0.2, 0.25) is 0 Å². The van der Waals surface area contributed by atoms with E-state index in [1.807, 2.05) is 55.5 Å². The van der Waals surface area contributed by atoms with Gasteiger partial charge in [-0.2, -0.15) is 0 Å². The Bertz CT molecular complexity index is 1450. The minimum absolute atomic E-state index is 0.0359. The van der Waals surface area contributed by atoms with Crippen LogP contribution in [0.2, 0.25) is 0 Å². The minimum atomic E-state index is -1.66. The highest BCUT2D eigenvalue weighted by molar-refractivity contribution is 5.89. The third kappa shape index (κ3) is 4.12. The smallest absolute Gasteiger partial charge is 0.338 e. The van der Waals surface area contributed by atoms with Gasteiger partial charge in [0.25, 0.3) is 0 Å². The molecular formula is C35H40O7. The Balaban J connectivity index is 1.34. The molecule has 7 heteroatoms. The average Bonchev–Trinajstić information content (AvgIpc) is 3.35. The zero-order valence-electron chi connectivity index (χ0n) is 24.6. The van der Waals surface area contributed by atoms with Crippen LogP contribution in [0.5, 0.6) is 0 Å². The Kier molecular flexibility index (Phi) is 6.80. The van der Waals surface area contributed by atoms with Gasteiger partial charge in [0.15, 0.2) is 6.10 Å². The van der Waals surface area contributed by atoms with E-state index in [-0.39, 0.29) is 37.3 Å². The van der Waals surface area contributed by atoms with Crippen molar-refractivity contribution in [2.45, 2.75) is 69.9 Å². The van der Waals surface area contributed by atoms with Crippen LogP contribution >= 0.6 is 0 Å². The van der Waals surface area contributed by atoms with Gasteiger partial charge in [0.05, 0.1) is 24.2 Å². The lowest BCUT2D eigenvalue weighted by Gasteiger charge is -2.51. The second-order valence-electron chi connectivity index (χ2n) is 13.4. The molecule has 42 heavy (non-hydrogen) atoms. The van der Waals surface area contributed by atoms with Crippen molar-refractivity contribution in [3.63, 3.8) is 0 Å². The molecule has 6 rings (SSSR count). The zero-order chi connectivity index (χ0) is 30.1. The number of ether oxygens (including phenoxy) is 2. The summed E-state index contributed by atoms with van der Waals surface area (Å²) in [5, 5.41) is 35.6. The van der Waals surface area contributed by atoms with E-state index in [2.05, 4.69) is 13.8 Å². The first-order chi connectivity index (χ1) is 19.9. The summed E-state index contributed by atoms with van der Waals surface area (Å²) < 4.78 is 12.3. The van der Waals surface area contributed by atoms with Gasteiger partial charge in [-0.15, -0.1) is 0 Å². The molecule has 2 aromatic carbocycles. The highest BCUT2D eigenvalue weighted by atomic mass is 16.6. The monoisotopic (exact) mass is 572 g/mol. The van der Waals surface area contributed by atoms with Crippen LogP contribution in [0.3, 0.4) is 0 Å². The molecule has 3 unspecified atom stereocenters. The van der Waals surface area contributed by atoms with Gasteiger partial charge in [-0.1, -0.05) is 81.5 Å². The molecule has 8 atom stereocenters. The number of benzene rings is 2. The molecule has 2 fully saturated rings. The molecule has 4 aliphatic rings. The minimum Gasteiger partial charge on any atom is -0.458 e. The Labute approximate surface area is 246 Å². The fourth-order valence-electron chi connectivity index (χ4n) is 8.70. The summed E-state index contributed by atoms with van der Waals surface area (Å²) in [7, 11) is 0. The molecule has 0 bridgehead atoms. The first kappa shape index (κ1) is 28.8. The van der Waals surface area contributed by atoms with E-state index in [0.717, 1.165) is 5.56 Å². The molecule has 0 aliphatic heterocycles. The van der Waals surface area contributed by atoms with Crippen LogP contribution in [0.15, 0.2) is 84.0 Å². The number of carbonyl (C=O) groups is 2. The largest absolute Gasteiger partial charge is 0.458 e. The van der Waals surface area contributed by atoms with E-state index >= 15 is 0 Å². The van der Waals surface area contributed by atoms with E-state index in [0.29, 0.717) is 23.1 Å². The molecule has 0 amide bonds. The first-order valence-electron chi connectivity index (χ1n) is 14.8. The SMILES string of the molecule is CC1=C[C@@H]2C(O)(CC(CO)=CC3[C@H]4C(C)(C)[C@]4(OC(=O)Cc4ccccc4)C[C@@H](C)[C@@]32O)C1OC(=O)c1ccccc1. The quantitative estimate of drug-likeness (QED) is 0.347. The van der Waals surface area contributed by atoms with Gasteiger partial charge < -0.3 is 24.8 Å². The third-order valence-corrected chi connectivity index (χ3v) is 10.8. The number of carbonyl (C=O) groups excluding carboxylic acids is 2. The number of hydrogen-bond acceptors (Lipinski definition) is 7. The maximum atomic E-state index is 13.2. The van der Waals surface area contributed by atoms with E-state index < -0.39 is 46.1 Å². The van der Waals surface area contributed by atoms with Gasteiger partial charge in [-0.05, 0) is 48.1 Å². The van der Waals surface area contributed by atoms with Gasteiger partial charge in [0.1, 0.15) is 11.2 Å². The molecule has 4 aliphatic carbocycles. The van der Waals surface area contributed by atoms with Crippen LogP contribution in [0, 0.1) is 29.1 Å². The highest BCUT2D eigenvalue weighted by Gasteiger charge is 2.83. The maximum Gasteiger partial charge on any atom is 0.338 e. The molecular weight excluding hydrogens is 532 g/mol. The number of aliphatic hydroxyl groups excluding tert-OH is 1. The summed E-state index contributed by atoms with van der Waals surface area (Å²) in [6.45, 7) is 7.56. The second-order valence-corrected chi connectivity index (χ2v) is 13.4. The molecule has 0 radical (unpaired) electrons. The van der Waals surface area contributed by atoms with Crippen LogP contribution in [0.1, 0.15) is 56.5 Å². The van der Waals surface area contributed by atoms with Gasteiger partial charge in [0, 0.05) is 29.6 Å². The molecule has 2 saturated carbocycles. The molecule has 0 aromatic heterocycles. The van der Waals surface area contributed by atoms with Gasteiger partial charge in [-0.25, -0.2) is 4.79 Å². The molecule has 7 nitrogen and oxygen atoms in total. The van der Waals surface area contributed by atoms with E-state index in [1.54, 1.807) is 31.2 Å². The van der Waals surface area contributed by atoms with Crippen molar-refractivity contribution in [1.82, 2.24) is 0 Å². The molecule has 3 N–H and O–H groups in total. The fraction of sp³-hybridized carbons (Fsp3) is 0.486. The molecule has 222 valence electrons. The summed E-state index contributed by atoms with van der Waals surface area (Å²) in [6.07, 6.45) is 3.37. The number of aliphatic hydroxyl groups is 3. The lowest BCUT2D eigenvalue weighted by Crippen LogP contribution is -2.62. The lowest BCUT2D eigenvalue weighted by atomic mass is 9.60. The van der Waals surface area contributed by atoms with Crippen molar-refractivity contribution in [1.29, 1.82) is 0 Å². The third-order valence-electron chi connectivity index (χ3n) is 10.8. The van der Waals surface area contributed by atoms with Crippen molar-refractivity contribution >= 4 is 11.9 Å². The number of fused-ring (bicyclic) bond motifs is 5. The van der Waals surface area contributed by atoms with E-state index in [4.69, 9.17) is 9.47 Å². The van der Waals surface area contributed by atoms with E-state index in [1.165, 1.54) is 0 Å². The number of esters is 2. The number of rotatable bonds is 6. The standard InChI is InChI=1S/C35H40O7/c1-21-15-27-33(39,30(21)41-31(38)25-13-9-6-10-14-25)19-24(20-36)16-26-29-32(3,4)34(29,18-22(2)35(26,27)40)42-28(37)17-23-11-7-5-8-12-23/h5-16,22,26-27,29-30,36,39-40H,17-20H2,1-4H3/t22-,26?,27-,29+,30?,33?,34+,35-/m1/s1. The highest BCUT2D eigenvalue weighted by Crippen LogP contribution is 2.76. The average molecular weight is 573 g/mol. The van der Waals surface area contributed by atoms with Crippen molar-refractivity contribution in [2.75, 3.05) is 6.61 Å². The topological polar surface area (TPSA) is 113 Å². The molecule has 0 heterocycles. The van der Waals surface area contributed by atoms with Crippen LogP contribution < -0.4 is 0 Å². The lowest BCUT2D eigenvalue weighted by molar-refractivity contribution is -0.196. The Morgan fingerprint density at radius 1 is 0.976 bits per heavy atom. The van der Waals surface area contributed by atoms with Crippen LogP contribution in [-0.4, -0.2) is 56.8 Å². The predicted octanol–water partition coefficient (Wildman–Crippen LogP) is 4.41. The normalized spacial score (nSPS) is 37.6. The van der Waals surface area contributed by atoms with Gasteiger partial charge >= 0.3 is 11.9 Å². The fourth-order valence-corrected chi connectivity index (χ4v) is 8.70. The summed E-state index contributed by atoms with van der Waals surface area (Å²) in [4.78, 5) is 26.3. The van der Waals surface area contributed by atoms with Gasteiger partial charge in [-0.3, -0.25) is 4.79 Å². The zero-order valence-corrected chi connectivity index (χ0v) is 24.6. The Hall–Kier alpha value is -3.26. The van der Waals surface area contributed by atoms with Crippen molar-refractivity contribution in [3.8, 4) is 0 Å². The van der Waals surface area contributed by atoms with Crippen molar-refractivity contribution in [3.05, 3.63) is 95.1 Å². The molecule has 0 saturated heterocycles. The number of hydrogen-bond donors (Lipinski definition) is 3. The van der Waals surface area contributed by atoms with Crippen molar-refractivity contribution < 1.29 is 34.4 Å². The van der Waals surface area contributed by atoms with Crippen LogP contribution in [-0.2, 0) is 20.7 Å². The Morgan fingerprint density at radius 3 is 2.26 bits per heavy atom. The summed E-state index contributed by atoms with van der Waals surface area (Å²) in [5.41, 5.74) is -1.87. The molecule has 0 spiro atoms. The molecule has 2 aromatic rings. The van der Waals surface area contributed by atoms with E-state index in [9.17, 15) is 24.9 Å². The summed E-state index contributed by atoms with van der Waals surface area (Å²) >= 11 is 0. The van der Waals surface area contributed by atoms with Crippen molar-refractivity contribution in [2.24, 2.45) is 29.1 Å². The summed E-state index contributed by atoms with van der Waals surface area (Å²) in [5.74, 6) is -2.76. The summed E-state index contributed by atoms with van der Waals surface area (Å²) in [6, 6.07) is 18.1. The maximum absolute atomic E-state index is 13.2. The van der Waals surface area contributed by atoms with Crippen LogP contribution in [0.25, 0.3) is 0 Å². The van der Waals surface area contributed by atoms with Crippen LogP contribution in [0.4, 0.5) is 0 Å². The first-order valence-corrected chi connectivity index (χ1v) is 14.8.